The van der Waals surface area contributed by atoms with Crippen LogP contribution in [0.5, 0.6) is 0 Å². The number of nitrogens with zero attached hydrogens (tertiary/aromatic N) is 1. The van der Waals surface area contributed by atoms with Crippen LogP contribution in [0.15, 0.2) is 18.2 Å². The summed E-state index contributed by atoms with van der Waals surface area (Å²) < 4.78 is 13.6. The van der Waals surface area contributed by atoms with Crippen LogP contribution in [0.25, 0.3) is 0 Å². The SMILES string of the molecule is C[NH+]1CCN(C(=O)Cc2c(F)cccc2Cl)CC1. The van der Waals surface area contributed by atoms with E-state index in [-0.39, 0.29) is 12.3 Å². The highest BCUT2D eigenvalue weighted by Crippen LogP contribution is 2.20. The van der Waals surface area contributed by atoms with Crippen LogP contribution in [-0.2, 0) is 11.2 Å². The number of carbonyl (C=O) groups is 1. The molecule has 0 atom stereocenters. The van der Waals surface area contributed by atoms with Crippen molar-refractivity contribution in [3.8, 4) is 0 Å². The Kier molecular flexibility index (Phi) is 4.19. The number of hydrogen-bond donors (Lipinski definition) is 1. The number of hydrogen-bond acceptors (Lipinski definition) is 1. The van der Waals surface area contributed by atoms with E-state index in [2.05, 4.69) is 7.05 Å². The lowest BCUT2D eigenvalue weighted by Gasteiger charge is -2.30. The van der Waals surface area contributed by atoms with Crippen molar-refractivity contribution in [3.05, 3.63) is 34.6 Å². The van der Waals surface area contributed by atoms with Crippen LogP contribution in [-0.4, -0.2) is 44.0 Å². The van der Waals surface area contributed by atoms with E-state index in [0.717, 1.165) is 26.2 Å². The highest BCUT2D eigenvalue weighted by Gasteiger charge is 2.22. The summed E-state index contributed by atoms with van der Waals surface area (Å²) in [5.74, 6) is -0.454. The average Bonchev–Trinajstić information content (AvgIpc) is 2.34. The second-order valence-corrected chi connectivity index (χ2v) is 5.12. The van der Waals surface area contributed by atoms with E-state index in [1.165, 1.54) is 11.0 Å². The molecule has 1 saturated heterocycles. The van der Waals surface area contributed by atoms with E-state index in [0.29, 0.717) is 10.6 Å². The summed E-state index contributed by atoms with van der Waals surface area (Å²) in [6, 6.07) is 4.49. The molecule has 3 nitrogen and oxygen atoms in total. The second-order valence-electron chi connectivity index (χ2n) is 4.71. The average molecular weight is 272 g/mol. The third-order valence-electron chi connectivity index (χ3n) is 3.36. The van der Waals surface area contributed by atoms with Crippen molar-refractivity contribution in [1.82, 2.24) is 4.90 Å². The first-order chi connectivity index (χ1) is 8.58. The summed E-state index contributed by atoms with van der Waals surface area (Å²) in [7, 11) is 2.11. The molecule has 2 rings (SSSR count). The number of halogens is 2. The summed E-state index contributed by atoms with van der Waals surface area (Å²) >= 11 is 5.92. The molecule has 0 spiro atoms. The van der Waals surface area contributed by atoms with Gasteiger partial charge in [-0.3, -0.25) is 4.79 Å². The van der Waals surface area contributed by atoms with Gasteiger partial charge in [-0.05, 0) is 12.1 Å². The van der Waals surface area contributed by atoms with Gasteiger partial charge in [-0.2, -0.15) is 0 Å². The van der Waals surface area contributed by atoms with Gasteiger partial charge in [0.05, 0.1) is 39.6 Å². The molecule has 18 heavy (non-hydrogen) atoms. The molecular weight excluding hydrogens is 255 g/mol. The Hall–Kier alpha value is -1.13. The van der Waals surface area contributed by atoms with Gasteiger partial charge in [-0.15, -0.1) is 0 Å². The smallest absolute Gasteiger partial charge is 0.227 e. The van der Waals surface area contributed by atoms with Crippen LogP contribution in [0.4, 0.5) is 4.39 Å². The predicted octanol–water partition coefficient (Wildman–Crippen LogP) is 0.379. The zero-order valence-corrected chi connectivity index (χ0v) is 11.1. The molecule has 1 aromatic carbocycles. The van der Waals surface area contributed by atoms with E-state index in [1.807, 2.05) is 0 Å². The number of likely N-dealkylation sites (N-methyl/N-ethyl adjacent to an activating group) is 1. The number of nitrogens with one attached hydrogen (secondary N) is 1. The maximum Gasteiger partial charge on any atom is 0.227 e. The van der Waals surface area contributed by atoms with Crippen LogP contribution >= 0.6 is 11.6 Å². The minimum absolute atomic E-state index is 0.0462. The van der Waals surface area contributed by atoms with Crippen LogP contribution < -0.4 is 4.90 Å². The Morgan fingerprint density at radius 3 is 2.72 bits per heavy atom. The standard InChI is InChI=1S/C13H16ClFN2O/c1-16-5-7-17(8-6-16)13(18)9-10-11(14)3-2-4-12(10)15/h2-4H,5-9H2,1H3/p+1. The van der Waals surface area contributed by atoms with Gasteiger partial charge in [-0.1, -0.05) is 17.7 Å². The molecule has 0 radical (unpaired) electrons. The van der Waals surface area contributed by atoms with Crippen molar-refractivity contribution in [1.29, 1.82) is 0 Å². The van der Waals surface area contributed by atoms with Crippen molar-refractivity contribution in [2.24, 2.45) is 0 Å². The van der Waals surface area contributed by atoms with E-state index < -0.39 is 5.82 Å². The monoisotopic (exact) mass is 271 g/mol. The normalized spacial score (nSPS) is 16.9. The minimum Gasteiger partial charge on any atom is -0.334 e. The quantitative estimate of drug-likeness (QED) is 0.826. The Bertz CT molecular complexity index is 424. The van der Waals surface area contributed by atoms with Crippen molar-refractivity contribution >= 4 is 17.5 Å². The van der Waals surface area contributed by atoms with Crippen LogP contribution in [0.2, 0.25) is 5.02 Å². The van der Waals surface area contributed by atoms with Crippen molar-refractivity contribution < 1.29 is 14.1 Å². The van der Waals surface area contributed by atoms with Crippen molar-refractivity contribution in [3.63, 3.8) is 0 Å². The molecule has 1 fully saturated rings. The van der Waals surface area contributed by atoms with Gasteiger partial charge in [0.25, 0.3) is 0 Å². The fourth-order valence-corrected chi connectivity index (χ4v) is 2.33. The van der Waals surface area contributed by atoms with Gasteiger partial charge in [-0.25, -0.2) is 4.39 Å². The molecule has 1 amide bonds. The number of carbonyl (C=O) groups excluding carboxylic acids is 1. The minimum atomic E-state index is -0.407. The molecule has 1 aliphatic rings. The summed E-state index contributed by atoms with van der Waals surface area (Å²) in [4.78, 5) is 15.3. The predicted molar refractivity (Wildman–Crippen MR) is 68.3 cm³/mol. The van der Waals surface area contributed by atoms with E-state index in [1.54, 1.807) is 17.0 Å². The molecule has 1 aromatic rings. The molecule has 1 N–H and O–H groups in total. The summed E-state index contributed by atoms with van der Waals surface area (Å²) in [5, 5.41) is 0.322. The molecule has 0 aliphatic carbocycles. The van der Waals surface area contributed by atoms with Gasteiger partial charge in [0.15, 0.2) is 0 Å². The Morgan fingerprint density at radius 1 is 1.44 bits per heavy atom. The number of amides is 1. The topological polar surface area (TPSA) is 24.8 Å². The number of quaternary nitrogens is 1. The lowest BCUT2D eigenvalue weighted by Crippen LogP contribution is -3.12. The van der Waals surface area contributed by atoms with Gasteiger partial charge in [0.2, 0.25) is 5.91 Å². The van der Waals surface area contributed by atoms with E-state index >= 15 is 0 Å². The molecule has 1 aliphatic heterocycles. The highest BCUT2D eigenvalue weighted by molar-refractivity contribution is 6.31. The first-order valence-corrected chi connectivity index (χ1v) is 6.47. The molecule has 5 heteroatoms. The second kappa shape index (κ2) is 5.67. The van der Waals surface area contributed by atoms with Crippen molar-refractivity contribution in [2.45, 2.75) is 6.42 Å². The third-order valence-corrected chi connectivity index (χ3v) is 3.71. The molecule has 98 valence electrons. The van der Waals surface area contributed by atoms with Gasteiger partial charge in [0, 0.05) is 10.6 Å². The maximum absolute atomic E-state index is 13.6. The summed E-state index contributed by atoms with van der Waals surface area (Å²) in [6.45, 7) is 3.35. The van der Waals surface area contributed by atoms with Gasteiger partial charge >= 0.3 is 0 Å². The Balaban J connectivity index is 2.03. The third kappa shape index (κ3) is 3.00. The molecule has 0 bridgehead atoms. The lowest BCUT2D eigenvalue weighted by molar-refractivity contribution is -0.883. The summed E-state index contributed by atoms with van der Waals surface area (Å²) in [5.41, 5.74) is 0.301. The first kappa shape index (κ1) is 13.3. The van der Waals surface area contributed by atoms with Crippen molar-refractivity contribution in [2.75, 3.05) is 33.2 Å². The molecule has 0 aromatic heterocycles. The number of piperazine rings is 1. The zero-order chi connectivity index (χ0) is 13.1. The summed E-state index contributed by atoms with van der Waals surface area (Å²) in [6.07, 6.45) is 0.0462. The van der Waals surface area contributed by atoms with Crippen LogP contribution in [0.3, 0.4) is 0 Å². The zero-order valence-electron chi connectivity index (χ0n) is 10.4. The van der Waals surface area contributed by atoms with Crippen LogP contribution in [0.1, 0.15) is 5.56 Å². The molecule has 0 unspecified atom stereocenters. The Morgan fingerprint density at radius 2 is 2.11 bits per heavy atom. The molecular formula is C13H17ClFN2O+. The fourth-order valence-electron chi connectivity index (χ4n) is 2.10. The van der Waals surface area contributed by atoms with Crippen LogP contribution in [0, 0.1) is 5.82 Å². The first-order valence-electron chi connectivity index (χ1n) is 6.10. The fraction of sp³-hybridized carbons (Fsp3) is 0.462. The number of benzene rings is 1. The number of rotatable bonds is 2. The van der Waals surface area contributed by atoms with E-state index in [4.69, 9.17) is 11.6 Å². The lowest BCUT2D eigenvalue weighted by atomic mass is 10.1. The Labute approximate surface area is 111 Å². The highest BCUT2D eigenvalue weighted by atomic mass is 35.5. The molecule has 0 saturated carbocycles. The molecule has 1 heterocycles. The van der Waals surface area contributed by atoms with Gasteiger partial charge in [0.1, 0.15) is 5.82 Å². The largest absolute Gasteiger partial charge is 0.334 e. The van der Waals surface area contributed by atoms with Gasteiger partial charge < -0.3 is 9.80 Å². The van der Waals surface area contributed by atoms with E-state index in [9.17, 15) is 9.18 Å². The maximum atomic E-state index is 13.6.